The van der Waals surface area contributed by atoms with Gasteiger partial charge in [-0.25, -0.2) is 0 Å². The van der Waals surface area contributed by atoms with E-state index in [2.05, 4.69) is 4.90 Å². The number of rotatable bonds is 6. The summed E-state index contributed by atoms with van der Waals surface area (Å²) in [6.07, 6.45) is 2.18. The summed E-state index contributed by atoms with van der Waals surface area (Å²) in [5.74, 6) is 0. The summed E-state index contributed by atoms with van der Waals surface area (Å²) < 4.78 is 5.36. The van der Waals surface area contributed by atoms with E-state index in [1.54, 1.807) is 7.11 Å². The molecule has 1 fully saturated rings. The van der Waals surface area contributed by atoms with Crippen molar-refractivity contribution in [3.63, 3.8) is 0 Å². The number of hydrogen-bond donors (Lipinski definition) is 2. The number of aliphatic hydroxyl groups excluding tert-OH is 1. The highest BCUT2D eigenvalue weighted by atomic mass is 16.5. The summed E-state index contributed by atoms with van der Waals surface area (Å²) in [7, 11) is 1.76. The van der Waals surface area contributed by atoms with Crippen molar-refractivity contribution in [2.45, 2.75) is 24.5 Å². The molecule has 1 aromatic carbocycles. The third kappa shape index (κ3) is 3.54. The van der Waals surface area contributed by atoms with Crippen LogP contribution in [0.3, 0.4) is 0 Å². The molecule has 1 heterocycles. The van der Waals surface area contributed by atoms with E-state index in [9.17, 15) is 5.11 Å². The van der Waals surface area contributed by atoms with Gasteiger partial charge in [0.05, 0.1) is 18.2 Å². The van der Waals surface area contributed by atoms with E-state index in [-0.39, 0.29) is 6.61 Å². The monoisotopic (exact) mass is 264 g/mol. The van der Waals surface area contributed by atoms with E-state index in [1.165, 1.54) is 0 Å². The fraction of sp³-hybridized carbons (Fsp3) is 0.600. The van der Waals surface area contributed by atoms with Gasteiger partial charge in [-0.3, -0.25) is 0 Å². The molecule has 1 aliphatic heterocycles. The fourth-order valence-electron chi connectivity index (χ4n) is 2.63. The minimum absolute atomic E-state index is 0.0292. The standard InChI is InChI=1S/C15H24N2O2/c1-19-14-7-9-17(11-14)10-8-15(16,12-18)13-5-3-2-4-6-13/h2-6,14,18H,7-12,16H2,1H3. The van der Waals surface area contributed by atoms with E-state index in [0.29, 0.717) is 6.10 Å². The third-order valence-electron chi connectivity index (χ3n) is 4.07. The van der Waals surface area contributed by atoms with Gasteiger partial charge >= 0.3 is 0 Å². The number of aliphatic hydroxyl groups is 1. The van der Waals surface area contributed by atoms with Gasteiger partial charge in [0.1, 0.15) is 0 Å². The lowest BCUT2D eigenvalue weighted by molar-refractivity contribution is 0.105. The maximum absolute atomic E-state index is 9.64. The fourth-order valence-corrected chi connectivity index (χ4v) is 2.63. The molecule has 1 aromatic rings. The number of likely N-dealkylation sites (tertiary alicyclic amines) is 1. The molecule has 106 valence electrons. The minimum atomic E-state index is -0.646. The average molecular weight is 264 g/mol. The van der Waals surface area contributed by atoms with Crippen molar-refractivity contribution in [2.75, 3.05) is 33.4 Å². The Kier molecular flexibility index (Phi) is 4.93. The molecule has 3 N–H and O–H groups in total. The first kappa shape index (κ1) is 14.5. The van der Waals surface area contributed by atoms with Crippen LogP contribution < -0.4 is 5.73 Å². The lowest BCUT2D eigenvalue weighted by Gasteiger charge is -2.30. The van der Waals surface area contributed by atoms with Crippen molar-refractivity contribution in [3.05, 3.63) is 35.9 Å². The highest BCUT2D eigenvalue weighted by Gasteiger charge is 2.29. The Morgan fingerprint density at radius 3 is 2.74 bits per heavy atom. The van der Waals surface area contributed by atoms with Crippen LogP contribution in [0.4, 0.5) is 0 Å². The number of ether oxygens (including phenoxy) is 1. The molecule has 0 bridgehead atoms. The van der Waals surface area contributed by atoms with Crippen molar-refractivity contribution >= 4 is 0 Å². The summed E-state index contributed by atoms with van der Waals surface area (Å²) >= 11 is 0. The Morgan fingerprint density at radius 1 is 1.42 bits per heavy atom. The molecule has 2 atom stereocenters. The second kappa shape index (κ2) is 6.48. The number of benzene rings is 1. The largest absolute Gasteiger partial charge is 0.394 e. The molecule has 2 unspecified atom stereocenters. The van der Waals surface area contributed by atoms with Crippen molar-refractivity contribution in [2.24, 2.45) is 5.73 Å². The predicted molar refractivity (Wildman–Crippen MR) is 75.9 cm³/mol. The van der Waals surface area contributed by atoms with E-state index in [1.807, 2.05) is 30.3 Å². The quantitative estimate of drug-likeness (QED) is 0.803. The van der Waals surface area contributed by atoms with Crippen molar-refractivity contribution in [3.8, 4) is 0 Å². The van der Waals surface area contributed by atoms with Gasteiger partial charge in [0.2, 0.25) is 0 Å². The number of methoxy groups -OCH3 is 1. The van der Waals surface area contributed by atoms with Gasteiger partial charge in [0.15, 0.2) is 0 Å². The normalized spacial score (nSPS) is 23.4. The molecule has 0 aromatic heterocycles. The molecule has 0 radical (unpaired) electrons. The minimum Gasteiger partial charge on any atom is -0.394 e. The van der Waals surface area contributed by atoms with Gasteiger partial charge in [0.25, 0.3) is 0 Å². The topological polar surface area (TPSA) is 58.7 Å². The average Bonchev–Trinajstić information content (AvgIpc) is 2.94. The van der Waals surface area contributed by atoms with Gasteiger partial charge in [-0.05, 0) is 18.4 Å². The summed E-state index contributed by atoms with van der Waals surface area (Å²) in [6, 6.07) is 9.86. The summed E-state index contributed by atoms with van der Waals surface area (Å²) in [5.41, 5.74) is 6.71. The predicted octanol–water partition coefficient (Wildman–Crippen LogP) is 0.944. The first-order valence-corrected chi connectivity index (χ1v) is 6.88. The molecule has 4 nitrogen and oxygen atoms in total. The molecule has 0 amide bonds. The van der Waals surface area contributed by atoms with E-state index >= 15 is 0 Å². The zero-order valence-electron chi connectivity index (χ0n) is 11.6. The maximum Gasteiger partial charge on any atom is 0.0710 e. The molecule has 4 heteroatoms. The zero-order valence-corrected chi connectivity index (χ0v) is 11.6. The van der Waals surface area contributed by atoms with Crippen LogP contribution in [0.2, 0.25) is 0 Å². The molecule has 1 saturated heterocycles. The van der Waals surface area contributed by atoms with Crippen LogP contribution in [0.25, 0.3) is 0 Å². The Morgan fingerprint density at radius 2 is 2.16 bits per heavy atom. The summed E-state index contributed by atoms with van der Waals surface area (Å²) in [5, 5.41) is 9.64. The van der Waals surface area contributed by atoms with Crippen molar-refractivity contribution in [1.29, 1.82) is 0 Å². The number of hydrogen-bond acceptors (Lipinski definition) is 4. The number of nitrogens with zero attached hydrogens (tertiary/aromatic N) is 1. The lowest BCUT2D eigenvalue weighted by atomic mass is 9.88. The van der Waals surface area contributed by atoms with Crippen LogP contribution in [-0.2, 0) is 10.3 Å². The van der Waals surface area contributed by atoms with Gasteiger partial charge in [-0.2, -0.15) is 0 Å². The molecule has 1 aliphatic rings. The first-order valence-electron chi connectivity index (χ1n) is 6.88. The smallest absolute Gasteiger partial charge is 0.0710 e. The molecule has 0 spiro atoms. The van der Waals surface area contributed by atoms with Crippen molar-refractivity contribution in [1.82, 2.24) is 4.90 Å². The highest BCUT2D eigenvalue weighted by Crippen LogP contribution is 2.23. The van der Waals surface area contributed by atoms with E-state index in [0.717, 1.165) is 38.0 Å². The maximum atomic E-state index is 9.64. The van der Waals surface area contributed by atoms with E-state index < -0.39 is 5.54 Å². The Bertz CT molecular complexity index is 385. The Hall–Kier alpha value is -0.940. The van der Waals surface area contributed by atoms with Crippen molar-refractivity contribution < 1.29 is 9.84 Å². The first-order chi connectivity index (χ1) is 9.18. The Balaban J connectivity index is 1.93. The van der Waals surface area contributed by atoms with Crippen LogP contribution >= 0.6 is 0 Å². The van der Waals surface area contributed by atoms with Gasteiger partial charge < -0.3 is 20.5 Å². The number of nitrogens with two attached hydrogens (primary N) is 1. The molecular weight excluding hydrogens is 240 g/mol. The summed E-state index contributed by atoms with van der Waals surface area (Å²) in [4.78, 5) is 2.36. The van der Waals surface area contributed by atoms with Crippen LogP contribution in [0.1, 0.15) is 18.4 Å². The zero-order chi connectivity index (χ0) is 13.7. The third-order valence-corrected chi connectivity index (χ3v) is 4.07. The molecule has 2 rings (SSSR count). The molecule has 0 aliphatic carbocycles. The second-order valence-corrected chi connectivity index (χ2v) is 5.38. The molecular formula is C15H24N2O2. The van der Waals surface area contributed by atoms with Crippen LogP contribution in [0.15, 0.2) is 30.3 Å². The Labute approximate surface area is 115 Å². The highest BCUT2D eigenvalue weighted by molar-refractivity contribution is 5.24. The lowest BCUT2D eigenvalue weighted by Crippen LogP contribution is -2.43. The van der Waals surface area contributed by atoms with Gasteiger partial charge in [0, 0.05) is 26.7 Å². The van der Waals surface area contributed by atoms with Crippen LogP contribution in [0.5, 0.6) is 0 Å². The van der Waals surface area contributed by atoms with Gasteiger partial charge in [-0.1, -0.05) is 30.3 Å². The molecule has 0 saturated carbocycles. The van der Waals surface area contributed by atoms with E-state index in [4.69, 9.17) is 10.5 Å². The van der Waals surface area contributed by atoms with Crippen LogP contribution in [-0.4, -0.2) is 49.5 Å². The molecule has 19 heavy (non-hydrogen) atoms. The SMILES string of the molecule is COC1CCN(CCC(N)(CO)c2ccccc2)C1. The summed E-state index contributed by atoms with van der Waals surface area (Å²) in [6.45, 7) is 2.88. The van der Waals surface area contributed by atoms with Gasteiger partial charge in [-0.15, -0.1) is 0 Å². The second-order valence-electron chi connectivity index (χ2n) is 5.38. The van der Waals surface area contributed by atoms with Crippen LogP contribution in [0, 0.1) is 0 Å².